The third kappa shape index (κ3) is 3.63. The van der Waals surface area contributed by atoms with Crippen LogP contribution in [0.2, 0.25) is 5.15 Å². The second-order valence-corrected chi connectivity index (χ2v) is 5.54. The lowest BCUT2D eigenvalue weighted by atomic mass is 10.2. The largest absolute Gasteiger partial charge is 0.442 e. The van der Waals surface area contributed by atoms with E-state index in [1.54, 1.807) is 20.8 Å². The number of aromatic nitrogens is 4. The Morgan fingerprint density at radius 3 is 2.67 bits per heavy atom. The number of nitrogens with zero attached hydrogens (tertiary/aromatic N) is 4. The van der Waals surface area contributed by atoms with E-state index in [2.05, 4.69) is 15.1 Å². The van der Waals surface area contributed by atoms with Crippen molar-refractivity contribution in [2.75, 3.05) is 0 Å². The molecule has 21 heavy (non-hydrogen) atoms. The molecule has 7 nitrogen and oxygen atoms in total. The average Bonchev–Trinajstić information content (AvgIpc) is 2.86. The molecule has 2 heterocycles. The molecule has 0 saturated heterocycles. The fourth-order valence-electron chi connectivity index (χ4n) is 1.46. The van der Waals surface area contributed by atoms with Crippen LogP contribution in [0.3, 0.4) is 0 Å². The fourth-order valence-corrected chi connectivity index (χ4v) is 1.64. The highest BCUT2D eigenvalue weighted by Crippen LogP contribution is 2.15. The molecule has 2 aromatic rings. The van der Waals surface area contributed by atoms with Gasteiger partial charge in [-0.25, -0.2) is 14.8 Å². The number of rotatable bonds is 2. The summed E-state index contributed by atoms with van der Waals surface area (Å²) in [6.07, 6.45) is 3.21. The zero-order valence-electron chi connectivity index (χ0n) is 11.7. The van der Waals surface area contributed by atoms with E-state index in [1.807, 2.05) is 0 Å². The van der Waals surface area contributed by atoms with Gasteiger partial charge in [0, 0.05) is 12.4 Å². The number of ketones is 1. The summed E-state index contributed by atoms with van der Waals surface area (Å²) in [5, 5.41) is 3.92. The van der Waals surface area contributed by atoms with Crippen molar-refractivity contribution in [3.63, 3.8) is 0 Å². The molecule has 0 N–H and O–H groups in total. The molecule has 0 amide bonds. The lowest BCUT2D eigenvalue weighted by Crippen LogP contribution is -2.27. The number of hydrogen-bond donors (Lipinski definition) is 0. The number of ether oxygens (including phenoxy) is 1. The van der Waals surface area contributed by atoms with E-state index >= 15 is 0 Å². The van der Waals surface area contributed by atoms with E-state index in [9.17, 15) is 9.59 Å². The summed E-state index contributed by atoms with van der Waals surface area (Å²) >= 11 is 5.83. The van der Waals surface area contributed by atoms with Crippen molar-refractivity contribution in [2.45, 2.75) is 26.4 Å². The zero-order chi connectivity index (χ0) is 15.6. The molecule has 0 aromatic carbocycles. The summed E-state index contributed by atoms with van der Waals surface area (Å²) < 4.78 is 6.10. The molecule has 0 radical (unpaired) electrons. The van der Waals surface area contributed by atoms with Gasteiger partial charge in [-0.05, 0) is 26.8 Å². The predicted octanol–water partition coefficient (Wildman–Crippen LogP) is 2.34. The van der Waals surface area contributed by atoms with Crippen molar-refractivity contribution in [2.24, 2.45) is 0 Å². The molecule has 0 aliphatic heterocycles. The quantitative estimate of drug-likeness (QED) is 0.625. The van der Waals surface area contributed by atoms with Gasteiger partial charge in [-0.1, -0.05) is 11.6 Å². The Kier molecular flexibility index (Phi) is 4.04. The highest BCUT2D eigenvalue weighted by molar-refractivity contribution is 6.33. The van der Waals surface area contributed by atoms with Crippen molar-refractivity contribution >= 4 is 23.5 Å². The van der Waals surface area contributed by atoms with Crippen LogP contribution in [0.5, 0.6) is 0 Å². The standard InChI is InChI=1S/C13H13ClN4O3/c1-13(2,3)21-12(20)18-5-4-9(17-18)10(19)8-6-15-7-16-11(8)14/h4-7H,1-3H3. The van der Waals surface area contributed by atoms with Crippen molar-refractivity contribution < 1.29 is 14.3 Å². The van der Waals surface area contributed by atoms with Crippen LogP contribution in [-0.2, 0) is 4.74 Å². The van der Waals surface area contributed by atoms with Crippen molar-refractivity contribution in [3.05, 3.63) is 41.2 Å². The molecule has 110 valence electrons. The number of carbonyl (C=O) groups excluding carboxylic acids is 2. The van der Waals surface area contributed by atoms with Crippen molar-refractivity contribution in [3.8, 4) is 0 Å². The summed E-state index contributed by atoms with van der Waals surface area (Å²) in [6, 6.07) is 1.40. The number of halogens is 1. The van der Waals surface area contributed by atoms with Crippen LogP contribution in [0.4, 0.5) is 4.79 Å². The summed E-state index contributed by atoms with van der Waals surface area (Å²) in [5.41, 5.74) is -0.477. The molecule has 0 spiro atoms. The van der Waals surface area contributed by atoms with E-state index in [0.717, 1.165) is 4.68 Å². The Balaban J connectivity index is 2.22. The highest BCUT2D eigenvalue weighted by atomic mass is 35.5. The molecule has 0 unspecified atom stereocenters. The van der Waals surface area contributed by atoms with Gasteiger partial charge in [0.05, 0.1) is 5.56 Å². The molecule has 0 fully saturated rings. The molecule has 2 rings (SSSR count). The van der Waals surface area contributed by atoms with Crippen molar-refractivity contribution in [1.82, 2.24) is 19.7 Å². The Hall–Kier alpha value is -2.28. The van der Waals surface area contributed by atoms with Crippen LogP contribution in [0.15, 0.2) is 24.8 Å². The van der Waals surface area contributed by atoms with Crippen LogP contribution >= 0.6 is 11.6 Å². The molecule has 0 aliphatic carbocycles. The normalized spacial score (nSPS) is 11.2. The van der Waals surface area contributed by atoms with Gasteiger partial charge >= 0.3 is 6.09 Å². The van der Waals surface area contributed by atoms with Crippen molar-refractivity contribution in [1.29, 1.82) is 0 Å². The third-order valence-corrected chi connectivity index (χ3v) is 2.61. The lowest BCUT2D eigenvalue weighted by molar-refractivity contribution is 0.0514. The molecule has 0 atom stereocenters. The minimum absolute atomic E-state index is 0.0295. The summed E-state index contributed by atoms with van der Waals surface area (Å²) in [4.78, 5) is 31.5. The van der Waals surface area contributed by atoms with Gasteiger partial charge in [-0.15, -0.1) is 0 Å². The molecule has 0 aliphatic rings. The van der Waals surface area contributed by atoms with E-state index < -0.39 is 17.5 Å². The van der Waals surface area contributed by atoms with E-state index in [0.29, 0.717) is 0 Å². The predicted molar refractivity (Wildman–Crippen MR) is 74.3 cm³/mol. The Bertz CT molecular complexity index is 691. The van der Waals surface area contributed by atoms with Gasteiger partial charge < -0.3 is 4.74 Å². The first-order chi connectivity index (χ1) is 9.78. The first-order valence-electron chi connectivity index (χ1n) is 6.07. The van der Waals surface area contributed by atoms with Gasteiger partial charge in [-0.2, -0.15) is 9.78 Å². The van der Waals surface area contributed by atoms with Gasteiger partial charge in [0.15, 0.2) is 0 Å². The van der Waals surface area contributed by atoms with Crippen LogP contribution in [0.1, 0.15) is 36.8 Å². The van der Waals surface area contributed by atoms with Gasteiger partial charge in [0.2, 0.25) is 5.78 Å². The Morgan fingerprint density at radius 1 is 1.33 bits per heavy atom. The summed E-state index contributed by atoms with van der Waals surface area (Å²) in [5.74, 6) is -0.470. The van der Waals surface area contributed by atoms with Crippen LogP contribution < -0.4 is 0 Å². The van der Waals surface area contributed by atoms with E-state index in [-0.39, 0.29) is 16.4 Å². The van der Waals surface area contributed by atoms with E-state index in [1.165, 1.54) is 24.8 Å². The average molecular weight is 309 g/mol. The topological polar surface area (TPSA) is 87.0 Å². The van der Waals surface area contributed by atoms with Gasteiger partial charge in [0.1, 0.15) is 22.8 Å². The molecule has 0 saturated carbocycles. The summed E-state index contributed by atoms with van der Waals surface area (Å²) in [7, 11) is 0. The monoisotopic (exact) mass is 308 g/mol. The zero-order valence-corrected chi connectivity index (χ0v) is 12.5. The minimum Gasteiger partial charge on any atom is -0.442 e. The lowest BCUT2D eigenvalue weighted by Gasteiger charge is -2.18. The number of hydrogen-bond acceptors (Lipinski definition) is 6. The molecular formula is C13H13ClN4O3. The second-order valence-electron chi connectivity index (χ2n) is 5.18. The maximum Gasteiger partial charge on any atom is 0.435 e. The molecule has 2 aromatic heterocycles. The van der Waals surface area contributed by atoms with Crippen LogP contribution in [0.25, 0.3) is 0 Å². The Labute approximate surface area is 125 Å². The Morgan fingerprint density at radius 2 is 2.05 bits per heavy atom. The summed E-state index contributed by atoms with van der Waals surface area (Å²) in [6.45, 7) is 5.21. The first-order valence-corrected chi connectivity index (χ1v) is 6.45. The van der Waals surface area contributed by atoms with E-state index in [4.69, 9.17) is 16.3 Å². The van der Waals surface area contributed by atoms with Gasteiger partial charge in [-0.3, -0.25) is 4.79 Å². The van der Waals surface area contributed by atoms with Crippen LogP contribution in [-0.4, -0.2) is 37.2 Å². The number of carbonyl (C=O) groups is 2. The highest BCUT2D eigenvalue weighted by Gasteiger charge is 2.21. The smallest absolute Gasteiger partial charge is 0.435 e. The third-order valence-electron chi connectivity index (χ3n) is 2.31. The minimum atomic E-state index is -0.669. The first kappa shape index (κ1) is 15.1. The molecule has 0 bridgehead atoms. The van der Waals surface area contributed by atoms with Gasteiger partial charge in [0.25, 0.3) is 0 Å². The molecular weight excluding hydrogens is 296 g/mol. The maximum atomic E-state index is 12.2. The molecule has 8 heteroatoms. The maximum absolute atomic E-state index is 12.2. The fraction of sp³-hybridized carbons (Fsp3) is 0.308. The second kappa shape index (κ2) is 5.61. The van der Waals surface area contributed by atoms with Crippen LogP contribution in [0, 0.1) is 0 Å². The SMILES string of the molecule is CC(C)(C)OC(=O)n1ccc(C(=O)c2cncnc2Cl)n1.